The van der Waals surface area contributed by atoms with Crippen LogP contribution in [0.15, 0.2) is 0 Å². The molecule has 0 aliphatic carbocycles. The molecular weight excluding hydrogens is 132 g/mol. The molecule has 0 aliphatic heterocycles. The Labute approximate surface area is 68.6 Å². The van der Waals surface area contributed by atoms with Crippen LogP contribution in [0.1, 0.15) is 0 Å². The second kappa shape index (κ2) is 6.33. The van der Waals surface area contributed by atoms with Gasteiger partial charge in [0.2, 0.25) is 0 Å². The van der Waals surface area contributed by atoms with Crippen LogP contribution in [0.2, 0.25) is 0 Å². The Morgan fingerprint density at radius 2 is 2.00 bits per heavy atom. The molecule has 0 aliphatic rings. The monoisotopic (exact) mass is 138 g/mol. The van der Waals surface area contributed by atoms with Gasteiger partial charge in [-0.15, -0.1) is 0 Å². The van der Waals surface area contributed by atoms with E-state index in [1.165, 1.54) is 0 Å². The fraction of sp³-hybridized carbons (Fsp3) is 1.00. The Morgan fingerprint density at radius 3 is 2.00 bits per heavy atom. The molecule has 0 rings (SSSR count). The molecule has 0 saturated heterocycles. The summed E-state index contributed by atoms with van der Waals surface area (Å²) in [6.07, 6.45) is 0. The van der Waals surface area contributed by atoms with Gasteiger partial charge in [0.15, 0.2) is 0 Å². The summed E-state index contributed by atoms with van der Waals surface area (Å²) in [5, 5.41) is 0. The van der Waals surface area contributed by atoms with Crippen LogP contribution in [-0.4, -0.2) is 53.6 Å². The average Bonchev–Trinajstić information content (AvgIpc) is 1.38. The first-order chi connectivity index (χ1) is 2.27. The Balaban J connectivity index is 0. The van der Waals surface area contributed by atoms with Gasteiger partial charge in [-0.2, -0.15) is 4.21 Å². The first kappa shape index (κ1) is 10.3. The Hall–Kier alpha value is 1.33. The Bertz CT molecular complexity index is 46.1. The molecule has 1 N–H and O–H groups in total. The van der Waals surface area contributed by atoms with Crippen LogP contribution < -0.4 is 0 Å². The number of hydrogen-bond donors (Lipinski definition) is 1. The molecule has 0 aromatic carbocycles. The van der Waals surface area contributed by atoms with Crippen molar-refractivity contribution >= 4 is 49.1 Å². The molecule has 0 amide bonds. The Morgan fingerprint density at radius 1 is 1.83 bits per heavy atom. The summed E-state index contributed by atoms with van der Waals surface area (Å²) in [6, 6.07) is 0. The third kappa shape index (κ3) is 9.01. The van der Waals surface area contributed by atoms with Gasteiger partial charge >= 0.3 is 49.1 Å². The summed E-state index contributed by atoms with van der Waals surface area (Å²) >= 11 is -2.07. The molecule has 6 heavy (non-hydrogen) atoms. The molecule has 0 heterocycles. The first-order valence-electron chi connectivity index (χ1n) is 0.924. The molecule has 0 saturated carbocycles. The summed E-state index contributed by atoms with van der Waals surface area (Å²) < 4.78 is 20.6. The molecule has 1 atom stereocenters. The van der Waals surface area contributed by atoms with E-state index in [1.54, 1.807) is 0 Å². The molecule has 5 heteroatoms. The van der Waals surface area contributed by atoms with Gasteiger partial charge < -0.3 is 0 Å². The third-order valence-corrected chi connectivity index (χ3v) is 0.428. The van der Waals surface area contributed by atoms with E-state index in [0.29, 0.717) is 0 Å². The molecule has 0 bridgehead atoms. The van der Waals surface area contributed by atoms with Gasteiger partial charge in [-0.3, -0.25) is 8.74 Å². The van der Waals surface area contributed by atoms with Gasteiger partial charge in [0.1, 0.15) is 0 Å². The summed E-state index contributed by atoms with van der Waals surface area (Å²) in [4.78, 5) is 0. The van der Waals surface area contributed by atoms with Crippen LogP contribution in [0, 0.1) is 0 Å². The third-order valence-electron chi connectivity index (χ3n) is 0.143. The second-order valence-electron chi connectivity index (χ2n) is 0.384. The second-order valence-corrected chi connectivity index (χ2v) is 1.15. The van der Waals surface area contributed by atoms with Crippen LogP contribution in [0.4, 0.5) is 0 Å². The van der Waals surface area contributed by atoms with Crippen molar-refractivity contribution in [2.45, 2.75) is 0 Å². The standard InChI is InChI=1S/CH4O3S.Ca.2H/c1-4-5(2)3;;;/h1H3,(H,2,3);;;. The zero-order valence-corrected chi connectivity index (χ0v) is 3.49. The van der Waals surface area contributed by atoms with Crippen molar-refractivity contribution in [2.75, 3.05) is 7.11 Å². The molecule has 3 nitrogen and oxygen atoms in total. The van der Waals surface area contributed by atoms with Crippen molar-refractivity contribution in [3.05, 3.63) is 0 Å². The van der Waals surface area contributed by atoms with Crippen LogP contribution in [0.5, 0.6) is 0 Å². The van der Waals surface area contributed by atoms with Crippen LogP contribution >= 0.6 is 0 Å². The van der Waals surface area contributed by atoms with Crippen molar-refractivity contribution in [1.29, 1.82) is 0 Å². The van der Waals surface area contributed by atoms with Crippen LogP contribution in [0.25, 0.3) is 0 Å². The molecule has 0 aromatic heterocycles. The zero-order valence-electron chi connectivity index (χ0n) is 2.67. The van der Waals surface area contributed by atoms with E-state index in [4.69, 9.17) is 4.55 Å². The SMILES string of the molecule is COS(=O)O.[CaH2]. The van der Waals surface area contributed by atoms with E-state index in [0.717, 1.165) is 7.11 Å². The molecular formula is CH6CaO3S. The van der Waals surface area contributed by atoms with Gasteiger partial charge in [0, 0.05) is 0 Å². The molecule has 0 radical (unpaired) electrons. The quantitative estimate of drug-likeness (QED) is 0.368. The van der Waals surface area contributed by atoms with Crippen LogP contribution in [-0.2, 0) is 15.5 Å². The minimum atomic E-state index is -2.07. The van der Waals surface area contributed by atoms with Gasteiger partial charge in [-0.1, -0.05) is 0 Å². The van der Waals surface area contributed by atoms with Gasteiger partial charge in [-0.25, -0.2) is 0 Å². The molecule has 0 spiro atoms. The first-order valence-corrected chi connectivity index (χ1v) is 1.96. The van der Waals surface area contributed by atoms with Crippen molar-refractivity contribution in [1.82, 2.24) is 0 Å². The normalized spacial score (nSPS) is 12.3. The fourth-order valence-electron chi connectivity index (χ4n) is 0. The van der Waals surface area contributed by atoms with E-state index >= 15 is 0 Å². The van der Waals surface area contributed by atoms with Gasteiger partial charge in [-0.05, 0) is 0 Å². The number of hydrogen-bond acceptors (Lipinski definition) is 2. The average molecular weight is 138 g/mol. The predicted molar refractivity (Wildman–Crippen MR) is 26.3 cm³/mol. The van der Waals surface area contributed by atoms with Crippen LogP contribution in [0.3, 0.4) is 0 Å². The van der Waals surface area contributed by atoms with Crippen molar-refractivity contribution in [3.8, 4) is 0 Å². The molecule has 0 aromatic rings. The topological polar surface area (TPSA) is 46.5 Å². The fourth-order valence-corrected chi connectivity index (χ4v) is 0. The Kier molecular flexibility index (Phi) is 10.9. The van der Waals surface area contributed by atoms with Crippen molar-refractivity contribution in [3.63, 3.8) is 0 Å². The summed E-state index contributed by atoms with van der Waals surface area (Å²) in [7, 11) is 1.15. The van der Waals surface area contributed by atoms with Gasteiger partial charge in [0.05, 0.1) is 7.11 Å². The number of rotatable bonds is 1. The summed E-state index contributed by atoms with van der Waals surface area (Å²) in [6.45, 7) is 0. The zero-order chi connectivity index (χ0) is 4.28. The summed E-state index contributed by atoms with van der Waals surface area (Å²) in [5.41, 5.74) is 0. The summed E-state index contributed by atoms with van der Waals surface area (Å²) in [5.74, 6) is 0. The van der Waals surface area contributed by atoms with E-state index < -0.39 is 11.4 Å². The van der Waals surface area contributed by atoms with E-state index in [9.17, 15) is 4.21 Å². The van der Waals surface area contributed by atoms with E-state index in [1.807, 2.05) is 0 Å². The molecule has 36 valence electrons. The maximum absolute atomic E-state index is 9.26. The van der Waals surface area contributed by atoms with Crippen molar-refractivity contribution in [2.24, 2.45) is 0 Å². The van der Waals surface area contributed by atoms with Crippen molar-refractivity contribution < 1.29 is 12.9 Å². The predicted octanol–water partition coefficient (Wildman–Crippen LogP) is -1.15. The van der Waals surface area contributed by atoms with Gasteiger partial charge in [0.25, 0.3) is 0 Å². The maximum atomic E-state index is 9.26. The van der Waals surface area contributed by atoms with E-state index in [2.05, 4.69) is 4.18 Å². The van der Waals surface area contributed by atoms with E-state index in [-0.39, 0.29) is 37.7 Å². The molecule has 1 unspecified atom stereocenters. The molecule has 0 fully saturated rings. The minimum absolute atomic E-state index is 0.